The van der Waals surface area contributed by atoms with Crippen molar-refractivity contribution in [2.75, 3.05) is 0 Å². The number of carboxylic acid groups (broad SMARTS) is 1. The molecule has 1 rings (SSSR count). The van der Waals surface area contributed by atoms with Crippen LogP contribution in [0.15, 0.2) is 30.3 Å². The Hall–Kier alpha value is -1.68. The molecule has 13 heavy (non-hydrogen) atoms. The van der Waals surface area contributed by atoms with Gasteiger partial charge in [-0.2, -0.15) is 0 Å². The summed E-state index contributed by atoms with van der Waals surface area (Å²) in [5.74, 6) is -2.33. The Balaban J connectivity index is 2.86. The molecule has 0 fully saturated rings. The van der Waals surface area contributed by atoms with E-state index in [1.807, 2.05) is 0 Å². The molecule has 0 bridgehead atoms. The number of carbonyl (C=O) groups excluding carboxylic acids is 1. The highest BCUT2D eigenvalue weighted by Crippen LogP contribution is 2.03. The van der Waals surface area contributed by atoms with Gasteiger partial charge in [0.1, 0.15) is 0 Å². The van der Waals surface area contributed by atoms with Crippen LogP contribution in [0.1, 0.15) is 10.4 Å². The first-order chi connectivity index (χ1) is 6.13. The molecule has 0 saturated heterocycles. The highest BCUT2D eigenvalue weighted by Gasteiger charge is 2.23. The van der Waals surface area contributed by atoms with E-state index in [0.29, 0.717) is 0 Å². The molecule has 0 spiro atoms. The van der Waals surface area contributed by atoms with Crippen LogP contribution in [-0.4, -0.2) is 28.1 Å². The van der Waals surface area contributed by atoms with Gasteiger partial charge < -0.3 is 10.2 Å². The SMILES string of the molecule is O=C(O)[C@H](O)C(=O)c1ccccc1. The average Bonchev–Trinajstić information content (AvgIpc) is 2.17. The molecule has 68 valence electrons. The minimum absolute atomic E-state index is 0.192. The van der Waals surface area contributed by atoms with Gasteiger partial charge in [0, 0.05) is 5.56 Å². The van der Waals surface area contributed by atoms with Crippen LogP contribution in [-0.2, 0) is 4.79 Å². The Morgan fingerprint density at radius 2 is 1.69 bits per heavy atom. The molecule has 0 aromatic heterocycles. The summed E-state index contributed by atoms with van der Waals surface area (Å²) in [7, 11) is 0. The standard InChI is InChI=1S/C9H8O4/c10-7(8(11)9(12)13)6-4-2-1-3-5-6/h1-5,8,11H,(H,12,13)/t8-/m1/s1. The zero-order valence-corrected chi connectivity index (χ0v) is 6.68. The van der Waals surface area contributed by atoms with Crippen molar-refractivity contribution in [2.45, 2.75) is 6.10 Å². The van der Waals surface area contributed by atoms with Gasteiger partial charge in [-0.1, -0.05) is 30.3 Å². The monoisotopic (exact) mass is 180 g/mol. The molecule has 0 aliphatic heterocycles. The van der Waals surface area contributed by atoms with Crippen molar-refractivity contribution in [3.63, 3.8) is 0 Å². The number of carbonyl (C=O) groups is 2. The minimum Gasteiger partial charge on any atom is -0.479 e. The number of aliphatic hydroxyl groups is 1. The molecule has 0 aliphatic rings. The maximum Gasteiger partial charge on any atom is 0.340 e. The zero-order valence-electron chi connectivity index (χ0n) is 6.68. The molecular weight excluding hydrogens is 172 g/mol. The molecule has 1 atom stereocenters. The number of hydrogen-bond acceptors (Lipinski definition) is 3. The van der Waals surface area contributed by atoms with Gasteiger partial charge in [-0.15, -0.1) is 0 Å². The number of carboxylic acids is 1. The van der Waals surface area contributed by atoms with Crippen LogP contribution >= 0.6 is 0 Å². The van der Waals surface area contributed by atoms with Gasteiger partial charge in [-0.25, -0.2) is 4.79 Å². The molecule has 2 N–H and O–H groups in total. The highest BCUT2D eigenvalue weighted by atomic mass is 16.4. The van der Waals surface area contributed by atoms with Gasteiger partial charge in [0.05, 0.1) is 0 Å². The average molecular weight is 180 g/mol. The van der Waals surface area contributed by atoms with Crippen LogP contribution in [0.4, 0.5) is 0 Å². The molecule has 1 aromatic rings. The van der Waals surface area contributed by atoms with Crippen LogP contribution in [0.2, 0.25) is 0 Å². The Morgan fingerprint density at radius 3 is 2.15 bits per heavy atom. The van der Waals surface area contributed by atoms with Gasteiger partial charge in [-0.05, 0) is 0 Å². The Bertz CT molecular complexity index is 318. The van der Waals surface area contributed by atoms with Crippen molar-refractivity contribution in [2.24, 2.45) is 0 Å². The van der Waals surface area contributed by atoms with Gasteiger partial charge in [0.15, 0.2) is 0 Å². The molecule has 0 amide bonds. The molecule has 4 heteroatoms. The van der Waals surface area contributed by atoms with Crippen LogP contribution in [0, 0.1) is 0 Å². The van der Waals surface area contributed by atoms with E-state index in [-0.39, 0.29) is 5.56 Å². The van der Waals surface area contributed by atoms with Gasteiger partial charge in [-0.3, -0.25) is 4.79 Å². The molecular formula is C9H8O4. The maximum absolute atomic E-state index is 11.2. The van der Waals surface area contributed by atoms with E-state index in [1.165, 1.54) is 12.1 Å². The predicted octanol–water partition coefficient (Wildman–Crippen LogP) is 0.315. The normalized spacial score (nSPS) is 12.1. The minimum atomic E-state index is -1.97. The fourth-order valence-corrected chi connectivity index (χ4v) is 0.872. The van der Waals surface area contributed by atoms with Crippen molar-refractivity contribution in [1.29, 1.82) is 0 Å². The molecule has 0 unspecified atom stereocenters. The lowest BCUT2D eigenvalue weighted by Gasteiger charge is -2.03. The summed E-state index contributed by atoms with van der Waals surface area (Å²) in [6.45, 7) is 0. The highest BCUT2D eigenvalue weighted by molar-refractivity contribution is 6.10. The predicted molar refractivity (Wildman–Crippen MR) is 44.4 cm³/mol. The fraction of sp³-hybridized carbons (Fsp3) is 0.111. The lowest BCUT2D eigenvalue weighted by atomic mass is 10.1. The largest absolute Gasteiger partial charge is 0.479 e. The lowest BCUT2D eigenvalue weighted by molar-refractivity contribution is -0.143. The second kappa shape index (κ2) is 3.82. The van der Waals surface area contributed by atoms with Crippen molar-refractivity contribution in [1.82, 2.24) is 0 Å². The zero-order chi connectivity index (χ0) is 9.84. The first-order valence-electron chi connectivity index (χ1n) is 3.63. The van der Waals surface area contributed by atoms with Crippen LogP contribution in [0.3, 0.4) is 0 Å². The number of Topliss-reactive ketones (excluding diaryl/α,β-unsaturated/α-hetero) is 1. The van der Waals surface area contributed by atoms with Crippen LogP contribution < -0.4 is 0 Å². The Labute approximate surface area is 74.4 Å². The second-order valence-electron chi connectivity index (χ2n) is 2.47. The van der Waals surface area contributed by atoms with Crippen molar-refractivity contribution in [3.05, 3.63) is 35.9 Å². The van der Waals surface area contributed by atoms with Crippen molar-refractivity contribution >= 4 is 11.8 Å². The van der Waals surface area contributed by atoms with Crippen molar-refractivity contribution < 1.29 is 19.8 Å². The summed E-state index contributed by atoms with van der Waals surface area (Å²) in [6, 6.07) is 7.80. The summed E-state index contributed by atoms with van der Waals surface area (Å²) in [4.78, 5) is 21.4. The summed E-state index contributed by atoms with van der Waals surface area (Å²) in [5.41, 5.74) is 0.192. The number of ketones is 1. The summed E-state index contributed by atoms with van der Waals surface area (Å²) >= 11 is 0. The Kier molecular flexibility index (Phi) is 2.76. The number of aliphatic hydroxyl groups excluding tert-OH is 1. The maximum atomic E-state index is 11.2. The topological polar surface area (TPSA) is 74.6 Å². The quantitative estimate of drug-likeness (QED) is 0.518. The summed E-state index contributed by atoms with van der Waals surface area (Å²) < 4.78 is 0. The Morgan fingerprint density at radius 1 is 1.15 bits per heavy atom. The van der Waals surface area contributed by atoms with E-state index < -0.39 is 17.9 Å². The first-order valence-corrected chi connectivity index (χ1v) is 3.63. The summed E-state index contributed by atoms with van der Waals surface area (Å²) in [5, 5.41) is 17.2. The van der Waals surface area contributed by atoms with E-state index >= 15 is 0 Å². The van der Waals surface area contributed by atoms with Gasteiger partial charge in [0.2, 0.25) is 11.9 Å². The van der Waals surface area contributed by atoms with Gasteiger partial charge >= 0.3 is 5.97 Å². The molecule has 1 aromatic carbocycles. The molecule has 0 heterocycles. The number of aliphatic carboxylic acids is 1. The molecule has 0 aliphatic carbocycles. The van der Waals surface area contributed by atoms with E-state index in [9.17, 15) is 9.59 Å². The number of rotatable bonds is 3. The van der Waals surface area contributed by atoms with Crippen LogP contribution in [0.25, 0.3) is 0 Å². The summed E-state index contributed by atoms with van der Waals surface area (Å²) in [6.07, 6.45) is -1.97. The third-order valence-electron chi connectivity index (χ3n) is 1.54. The van der Waals surface area contributed by atoms with E-state index in [4.69, 9.17) is 10.2 Å². The van der Waals surface area contributed by atoms with E-state index in [2.05, 4.69) is 0 Å². The van der Waals surface area contributed by atoms with Crippen molar-refractivity contribution in [3.8, 4) is 0 Å². The number of benzene rings is 1. The van der Waals surface area contributed by atoms with E-state index in [1.54, 1.807) is 18.2 Å². The van der Waals surface area contributed by atoms with Crippen LogP contribution in [0.5, 0.6) is 0 Å². The second-order valence-corrected chi connectivity index (χ2v) is 2.47. The smallest absolute Gasteiger partial charge is 0.340 e. The first kappa shape index (κ1) is 9.41. The lowest BCUT2D eigenvalue weighted by Crippen LogP contribution is -2.29. The van der Waals surface area contributed by atoms with Gasteiger partial charge in [0.25, 0.3) is 0 Å². The third kappa shape index (κ3) is 2.13. The number of hydrogen-bond donors (Lipinski definition) is 2. The molecule has 4 nitrogen and oxygen atoms in total. The van der Waals surface area contributed by atoms with E-state index in [0.717, 1.165) is 0 Å². The molecule has 0 radical (unpaired) electrons. The fourth-order valence-electron chi connectivity index (χ4n) is 0.872. The third-order valence-corrected chi connectivity index (χ3v) is 1.54. The molecule has 0 saturated carbocycles.